The van der Waals surface area contributed by atoms with Crippen molar-refractivity contribution in [3.05, 3.63) is 64.3 Å². The van der Waals surface area contributed by atoms with Gasteiger partial charge in [0.1, 0.15) is 5.75 Å². The number of carbonyl (C=O) groups excluding carboxylic acids is 2. The SMILES string of the molecule is Cc1c([C@H](C)C(=O)NCC(C)C(=O)O)c2cc(O)ccc2n1C(=O)c1cccc(Cl)c1. The highest BCUT2D eigenvalue weighted by molar-refractivity contribution is 6.31. The van der Waals surface area contributed by atoms with E-state index in [4.69, 9.17) is 16.7 Å². The monoisotopic (exact) mass is 442 g/mol. The lowest BCUT2D eigenvalue weighted by molar-refractivity contribution is -0.141. The largest absolute Gasteiger partial charge is 0.508 e. The van der Waals surface area contributed by atoms with E-state index >= 15 is 0 Å². The molecular weight excluding hydrogens is 420 g/mol. The summed E-state index contributed by atoms with van der Waals surface area (Å²) in [5.74, 6) is -3.08. The minimum atomic E-state index is -1.00. The molecule has 0 aliphatic carbocycles. The van der Waals surface area contributed by atoms with E-state index in [2.05, 4.69) is 5.32 Å². The Kier molecular flexibility index (Phi) is 6.36. The van der Waals surface area contributed by atoms with Crippen molar-refractivity contribution in [2.75, 3.05) is 6.54 Å². The molecular formula is C23H23ClN2O5. The highest BCUT2D eigenvalue weighted by Gasteiger charge is 2.27. The number of carboxylic acid groups (broad SMARTS) is 1. The highest BCUT2D eigenvalue weighted by atomic mass is 35.5. The Bertz CT molecular complexity index is 1180. The number of aromatic nitrogens is 1. The number of hydrogen-bond donors (Lipinski definition) is 3. The first-order chi connectivity index (χ1) is 14.6. The van der Waals surface area contributed by atoms with Crippen LogP contribution in [0, 0.1) is 12.8 Å². The molecule has 0 bridgehead atoms. The van der Waals surface area contributed by atoms with E-state index in [9.17, 15) is 19.5 Å². The number of halogens is 1. The number of benzene rings is 2. The Morgan fingerprint density at radius 1 is 1.13 bits per heavy atom. The molecule has 0 fully saturated rings. The molecule has 1 amide bonds. The van der Waals surface area contributed by atoms with Gasteiger partial charge in [0.25, 0.3) is 5.91 Å². The van der Waals surface area contributed by atoms with E-state index < -0.39 is 17.8 Å². The average Bonchev–Trinajstić information content (AvgIpc) is 3.01. The van der Waals surface area contributed by atoms with Crippen LogP contribution in [0.3, 0.4) is 0 Å². The standard InChI is InChI=1S/C23H23ClN2O5/c1-12(23(30)31)11-25-21(28)13(2)20-14(3)26(19-8-7-17(27)10-18(19)20)22(29)15-5-4-6-16(24)9-15/h4-10,12-13,27H,11H2,1-3H3,(H,25,28)(H,30,31)/t12?,13-/m0/s1. The van der Waals surface area contributed by atoms with Gasteiger partial charge in [-0.25, -0.2) is 0 Å². The molecule has 1 unspecified atom stereocenters. The van der Waals surface area contributed by atoms with Crippen LogP contribution >= 0.6 is 11.6 Å². The summed E-state index contributed by atoms with van der Waals surface area (Å²) in [5.41, 5.74) is 2.08. The number of amides is 1. The fourth-order valence-electron chi connectivity index (χ4n) is 3.61. The number of nitrogens with one attached hydrogen (secondary N) is 1. The molecule has 3 N–H and O–H groups in total. The van der Waals surface area contributed by atoms with E-state index in [1.54, 1.807) is 44.2 Å². The maximum absolute atomic E-state index is 13.3. The Labute approximate surface area is 184 Å². The maximum atomic E-state index is 13.3. The third kappa shape index (κ3) is 4.41. The highest BCUT2D eigenvalue weighted by Crippen LogP contribution is 2.34. The second kappa shape index (κ2) is 8.81. The van der Waals surface area contributed by atoms with Crippen molar-refractivity contribution in [3.63, 3.8) is 0 Å². The number of carboxylic acids is 1. The quantitative estimate of drug-likeness (QED) is 0.535. The van der Waals surface area contributed by atoms with Crippen molar-refractivity contribution in [2.24, 2.45) is 5.92 Å². The molecule has 31 heavy (non-hydrogen) atoms. The fourth-order valence-corrected chi connectivity index (χ4v) is 3.81. The van der Waals surface area contributed by atoms with Crippen LogP contribution in [0.4, 0.5) is 0 Å². The third-order valence-corrected chi connectivity index (χ3v) is 5.58. The number of carbonyl (C=O) groups is 3. The zero-order valence-corrected chi connectivity index (χ0v) is 18.1. The Morgan fingerprint density at radius 2 is 1.84 bits per heavy atom. The first kappa shape index (κ1) is 22.4. The van der Waals surface area contributed by atoms with Crippen LogP contribution in [0.15, 0.2) is 42.5 Å². The van der Waals surface area contributed by atoms with E-state index in [1.807, 2.05) is 0 Å². The van der Waals surface area contributed by atoms with Crippen LogP contribution in [0.5, 0.6) is 5.75 Å². The molecule has 0 aliphatic rings. The summed E-state index contributed by atoms with van der Waals surface area (Å²) in [7, 11) is 0. The first-order valence-corrected chi connectivity index (χ1v) is 10.1. The molecule has 1 heterocycles. The van der Waals surface area contributed by atoms with Crippen molar-refractivity contribution >= 4 is 40.3 Å². The van der Waals surface area contributed by atoms with Gasteiger partial charge < -0.3 is 15.5 Å². The van der Waals surface area contributed by atoms with Crippen LogP contribution in [0.1, 0.15) is 41.4 Å². The van der Waals surface area contributed by atoms with Crippen molar-refractivity contribution in [3.8, 4) is 5.75 Å². The minimum absolute atomic E-state index is 0.00760. The molecule has 0 radical (unpaired) electrons. The summed E-state index contributed by atoms with van der Waals surface area (Å²) in [4.78, 5) is 37.1. The number of fused-ring (bicyclic) bond motifs is 1. The summed E-state index contributed by atoms with van der Waals surface area (Å²) in [6.07, 6.45) is 0. The molecule has 162 valence electrons. The molecule has 3 rings (SSSR count). The minimum Gasteiger partial charge on any atom is -0.508 e. The molecule has 0 saturated heterocycles. The number of aromatic hydroxyl groups is 1. The van der Waals surface area contributed by atoms with Crippen LogP contribution in [-0.4, -0.2) is 39.1 Å². The number of hydrogen-bond acceptors (Lipinski definition) is 4. The Balaban J connectivity index is 2.07. The van der Waals surface area contributed by atoms with E-state index in [-0.39, 0.29) is 24.1 Å². The third-order valence-electron chi connectivity index (χ3n) is 5.34. The molecule has 2 aromatic carbocycles. The van der Waals surface area contributed by atoms with E-state index in [0.29, 0.717) is 32.7 Å². The van der Waals surface area contributed by atoms with Crippen LogP contribution in [0.2, 0.25) is 5.02 Å². The lowest BCUT2D eigenvalue weighted by atomic mass is 9.96. The number of rotatable bonds is 6. The fraction of sp³-hybridized carbons (Fsp3) is 0.261. The smallest absolute Gasteiger partial charge is 0.308 e. The normalized spacial score (nSPS) is 13.0. The molecule has 8 heteroatoms. The topological polar surface area (TPSA) is 109 Å². The summed E-state index contributed by atoms with van der Waals surface area (Å²) >= 11 is 6.05. The molecule has 0 saturated carbocycles. The van der Waals surface area contributed by atoms with Gasteiger partial charge in [0.2, 0.25) is 5.91 Å². The van der Waals surface area contributed by atoms with Gasteiger partial charge in [-0.2, -0.15) is 0 Å². The molecule has 3 aromatic rings. The van der Waals surface area contributed by atoms with Crippen molar-refractivity contribution in [1.82, 2.24) is 9.88 Å². The van der Waals surface area contributed by atoms with Gasteiger partial charge in [-0.3, -0.25) is 19.0 Å². The maximum Gasteiger partial charge on any atom is 0.308 e. The zero-order chi connectivity index (χ0) is 22.9. The Morgan fingerprint density at radius 3 is 2.48 bits per heavy atom. The van der Waals surface area contributed by atoms with Gasteiger partial charge >= 0.3 is 5.97 Å². The second-order valence-electron chi connectivity index (χ2n) is 7.56. The lowest BCUT2D eigenvalue weighted by Crippen LogP contribution is -2.34. The predicted octanol–water partition coefficient (Wildman–Crippen LogP) is 3.94. The van der Waals surface area contributed by atoms with Gasteiger partial charge in [0.05, 0.1) is 17.4 Å². The van der Waals surface area contributed by atoms with Crippen LogP contribution in [-0.2, 0) is 9.59 Å². The lowest BCUT2D eigenvalue weighted by Gasteiger charge is -2.15. The molecule has 0 spiro atoms. The summed E-state index contributed by atoms with van der Waals surface area (Å²) < 4.78 is 1.50. The van der Waals surface area contributed by atoms with Gasteiger partial charge in [-0.1, -0.05) is 24.6 Å². The van der Waals surface area contributed by atoms with E-state index in [0.717, 1.165) is 0 Å². The summed E-state index contributed by atoms with van der Waals surface area (Å²) in [6.45, 7) is 4.91. The van der Waals surface area contributed by atoms with Gasteiger partial charge in [0, 0.05) is 28.2 Å². The van der Waals surface area contributed by atoms with Gasteiger partial charge in [-0.15, -0.1) is 0 Å². The predicted molar refractivity (Wildman–Crippen MR) is 118 cm³/mol. The van der Waals surface area contributed by atoms with E-state index in [1.165, 1.54) is 23.6 Å². The summed E-state index contributed by atoms with van der Waals surface area (Å²) in [5, 5.41) is 22.7. The van der Waals surface area contributed by atoms with Crippen molar-refractivity contribution in [1.29, 1.82) is 0 Å². The molecule has 1 aromatic heterocycles. The van der Waals surface area contributed by atoms with Gasteiger partial charge in [0.15, 0.2) is 0 Å². The number of phenols is 1. The van der Waals surface area contributed by atoms with Crippen molar-refractivity contribution in [2.45, 2.75) is 26.7 Å². The summed E-state index contributed by atoms with van der Waals surface area (Å²) in [6, 6.07) is 11.2. The first-order valence-electron chi connectivity index (χ1n) is 9.76. The Hall–Kier alpha value is -3.32. The molecule has 7 nitrogen and oxygen atoms in total. The molecule has 2 atom stereocenters. The van der Waals surface area contributed by atoms with Crippen LogP contribution in [0.25, 0.3) is 10.9 Å². The van der Waals surface area contributed by atoms with Crippen LogP contribution < -0.4 is 5.32 Å². The van der Waals surface area contributed by atoms with Gasteiger partial charge in [-0.05, 0) is 55.8 Å². The number of aliphatic carboxylic acids is 1. The second-order valence-corrected chi connectivity index (χ2v) is 7.99. The average molecular weight is 443 g/mol. The number of phenolic OH excluding ortho intramolecular Hbond substituents is 1. The van der Waals surface area contributed by atoms with Crippen molar-refractivity contribution < 1.29 is 24.6 Å². The molecule has 0 aliphatic heterocycles. The number of nitrogens with zero attached hydrogens (tertiary/aromatic N) is 1. The zero-order valence-electron chi connectivity index (χ0n) is 17.3.